The molecule has 1 aromatic rings. The maximum absolute atomic E-state index is 12.5. The number of rotatable bonds is 5. The summed E-state index contributed by atoms with van der Waals surface area (Å²) in [6.45, 7) is 10.2. The highest BCUT2D eigenvalue weighted by Crippen LogP contribution is 2.32. The lowest BCUT2D eigenvalue weighted by molar-refractivity contribution is 0.0526. The zero-order valence-corrected chi connectivity index (χ0v) is 16.8. The Hall–Kier alpha value is -1.98. The van der Waals surface area contributed by atoms with E-state index < -0.39 is 11.7 Å². The number of nitrogens with one attached hydrogen (secondary N) is 2. The Kier molecular flexibility index (Phi) is 6.73. The molecule has 0 aromatic carbocycles. The predicted octanol–water partition coefficient (Wildman–Crippen LogP) is 3.86. The van der Waals surface area contributed by atoms with Crippen molar-refractivity contribution in [3.63, 3.8) is 0 Å². The zero-order valence-electron chi connectivity index (χ0n) is 16.8. The summed E-state index contributed by atoms with van der Waals surface area (Å²) in [5, 5.41) is 5.53. The molecule has 1 aliphatic carbocycles. The van der Waals surface area contributed by atoms with Crippen LogP contribution in [0.1, 0.15) is 80.7 Å². The number of carbonyl (C=O) groups is 2. The van der Waals surface area contributed by atoms with Crippen LogP contribution < -0.4 is 10.6 Å². The fraction of sp³-hybridized carbons (Fsp3) is 0.700. The SMILES string of the molecule is Cc1cc(C(=O)NCCNC(=O)OC(C)(C)C)c(C)n1C1CCCCC1. The summed E-state index contributed by atoms with van der Waals surface area (Å²) >= 11 is 0. The first-order chi connectivity index (χ1) is 12.2. The number of amides is 2. The van der Waals surface area contributed by atoms with Crippen LogP contribution in [-0.4, -0.2) is 35.3 Å². The molecular formula is C20H33N3O3. The Balaban J connectivity index is 1.87. The van der Waals surface area contributed by atoms with Gasteiger partial charge in [0.15, 0.2) is 0 Å². The quantitative estimate of drug-likeness (QED) is 0.780. The van der Waals surface area contributed by atoms with E-state index in [9.17, 15) is 9.59 Å². The molecule has 0 saturated heterocycles. The number of ether oxygens (including phenoxy) is 1. The van der Waals surface area contributed by atoms with Crippen molar-refractivity contribution in [3.8, 4) is 0 Å². The molecule has 146 valence electrons. The van der Waals surface area contributed by atoms with Gasteiger partial charge in [-0.2, -0.15) is 0 Å². The highest BCUT2D eigenvalue weighted by molar-refractivity contribution is 5.95. The molecule has 0 aliphatic heterocycles. The van der Waals surface area contributed by atoms with Crippen LogP contribution in [0.3, 0.4) is 0 Å². The molecule has 6 heteroatoms. The topological polar surface area (TPSA) is 72.4 Å². The highest BCUT2D eigenvalue weighted by atomic mass is 16.6. The average Bonchev–Trinajstić information content (AvgIpc) is 2.85. The van der Waals surface area contributed by atoms with Gasteiger partial charge in [-0.05, 0) is 53.5 Å². The number of carbonyl (C=O) groups excluding carboxylic acids is 2. The van der Waals surface area contributed by atoms with Gasteiger partial charge in [-0.25, -0.2) is 4.79 Å². The first-order valence-electron chi connectivity index (χ1n) is 9.62. The number of hydrogen-bond donors (Lipinski definition) is 2. The van der Waals surface area contributed by atoms with Gasteiger partial charge in [0.2, 0.25) is 0 Å². The van der Waals surface area contributed by atoms with Gasteiger partial charge in [0.25, 0.3) is 5.91 Å². The minimum atomic E-state index is -0.524. The molecule has 0 atom stereocenters. The van der Waals surface area contributed by atoms with Gasteiger partial charge >= 0.3 is 6.09 Å². The number of nitrogens with zero attached hydrogens (tertiary/aromatic N) is 1. The van der Waals surface area contributed by atoms with Crippen LogP contribution in [0.25, 0.3) is 0 Å². The lowest BCUT2D eigenvalue weighted by Gasteiger charge is -2.26. The largest absolute Gasteiger partial charge is 0.444 e. The van der Waals surface area contributed by atoms with Gasteiger partial charge in [0.1, 0.15) is 5.60 Å². The van der Waals surface area contributed by atoms with Gasteiger partial charge in [0.05, 0.1) is 5.56 Å². The summed E-state index contributed by atoms with van der Waals surface area (Å²) in [4.78, 5) is 24.1. The van der Waals surface area contributed by atoms with Crippen LogP contribution in [-0.2, 0) is 4.74 Å². The van der Waals surface area contributed by atoms with Crippen LogP contribution in [0.5, 0.6) is 0 Å². The third kappa shape index (κ3) is 5.51. The molecule has 0 bridgehead atoms. The number of alkyl carbamates (subject to hydrolysis) is 1. The van der Waals surface area contributed by atoms with Crippen molar-refractivity contribution in [1.82, 2.24) is 15.2 Å². The van der Waals surface area contributed by atoms with Crippen molar-refractivity contribution in [2.75, 3.05) is 13.1 Å². The second kappa shape index (κ2) is 8.60. The molecule has 26 heavy (non-hydrogen) atoms. The summed E-state index contributed by atoms with van der Waals surface area (Å²) in [5.41, 5.74) is 2.38. The first-order valence-corrected chi connectivity index (χ1v) is 9.62. The van der Waals surface area contributed by atoms with Crippen molar-refractivity contribution < 1.29 is 14.3 Å². The smallest absolute Gasteiger partial charge is 0.407 e. The number of hydrogen-bond acceptors (Lipinski definition) is 3. The molecule has 2 amide bonds. The fourth-order valence-electron chi connectivity index (χ4n) is 3.66. The fourth-order valence-corrected chi connectivity index (χ4v) is 3.66. The monoisotopic (exact) mass is 363 g/mol. The van der Waals surface area contributed by atoms with Crippen molar-refractivity contribution in [3.05, 3.63) is 23.0 Å². The van der Waals surface area contributed by atoms with Crippen LogP contribution in [0, 0.1) is 13.8 Å². The second-order valence-electron chi connectivity index (χ2n) is 8.13. The molecule has 1 fully saturated rings. The lowest BCUT2D eigenvalue weighted by atomic mass is 9.95. The molecule has 0 radical (unpaired) electrons. The normalized spacial score (nSPS) is 15.6. The Bertz CT molecular complexity index is 637. The molecular weight excluding hydrogens is 330 g/mol. The molecule has 0 spiro atoms. The Morgan fingerprint density at radius 3 is 2.35 bits per heavy atom. The summed E-state index contributed by atoms with van der Waals surface area (Å²) in [5.74, 6) is -0.0915. The van der Waals surface area contributed by atoms with Crippen LogP contribution in [0.2, 0.25) is 0 Å². The maximum Gasteiger partial charge on any atom is 0.407 e. The Morgan fingerprint density at radius 2 is 1.73 bits per heavy atom. The molecule has 0 unspecified atom stereocenters. The first kappa shape index (κ1) is 20.3. The van der Waals surface area contributed by atoms with E-state index in [1.54, 1.807) is 0 Å². The van der Waals surface area contributed by atoms with Crippen molar-refractivity contribution >= 4 is 12.0 Å². The van der Waals surface area contributed by atoms with Crippen LogP contribution in [0.15, 0.2) is 6.07 Å². The van der Waals surface area contributed by atoms with Crippen molar-refractivity contribution in [2.24, 2.45) is 0 Å². The number of aromatic nitrogens is 1. The molecule has 6 nitrogen and oxygen atoms in total. The summed E-state index contributed by atoms with van der Waals surface area (Å²) in [6, 6.07) is 2.49. The van der Waals surface area contributed by atoms with E-state index in [1.807, 2.05) is 33.8 Å². The van der Waals surface area contributed by atoms with Crippen molar-refractivity contribution in [2.45, 2.75) is 78.4 Å². The molecule has 1 aromatic heterocycles. The van der Waals surface area contributed by atoms with Gasteiger partial charge in [-0.1, -0.05) is 19.3 Å². The second-order valence-corrected chi connectivity index (χ2v) is 8.13. The maximum atomic E-state index is 12.5. The summed E-state index contributed by atoms with van der Waals surface area (Å²) in [6.07, 6.45) is 5.75. The van der Waals surface area contributed by atoms with E-state index >= 15 is 0 Å². The average molecular weight is 364 g/mol. The molecule has 1 saturated carbocycles. The number of aryl methyl sites for hydroxylation is 1. The van der Waals surface area contributed by atoms with E-state index in [4.69, 9.17) is 4.74 Å². The van der Waals surface area contributed by atoms with Crippen LogP contribution in [0.4, 0.5) is 4.79 Å². The van der Waals surface area contributed by atoms with Crippen LogP contribution >= 0.6 is 0 Å². The summed E-state index contributed by atoms with van der Waals surface area (Å²) < 4.78 is 7.50. The highest BCUT2D eigenvalue weighted by Gasteiger charge is 2.22. The van der Waals surface area contributed by atoms with E-state index in [1.165, 1.54) is 32.1 Å². The molecule has 2 rings (SSSR count). The molecule has 1 heterocycles. The Morgan fingerprint density at radius 1 is 1.12 bits per heavy atom. The lowest BCUT2D eigenvalue weighted by Crippen LogP contribution is -2.38. The third-order valence-corrected chi connectivity index (χ3v) is 4.75. The van der Waals surface area contributed by atoms with Gasteiger partial charge in [-0.15, -0.1) is 0 Å². The van der Waals surface area contributed by atoms with E-state index in [0.29, 0.717) is 19.1 Å². The van der Waals surface area contributed by atoms with Gasteiger partial charge < -0.3 is 19.9 Å². The standard InChI is InChI=1S/C20H33N3O3/c1-14-13-17(15(2)23(14)16-9-7-6-8-10-16)18(24)21-11-12-22-19(25)26-20(3,4)5/h13,16H,6-12H2,1-5H3,(H,21,24)(H,22,25). The van der Waals surface area contributed by atoms with E-state index in [2.05, 4.69) is 22.1 Å². The third-order valence-electron chi connectivity index (χ3n) is 4.75. The Labute approximate surface area is 156 Å². The predicted molar refractivity (Wildman–Crippen MR) is 103 cm³/mol. The minimum Gasteiger partial charge on any atom is -0.444 e. The van der Waals surface area contributed by atoms with E-state index in [-0.39, 0.29) is 5.91 Å². The van der Waals surface area contributed by atoms with Gasteiger partial charge in [0, 0.05) is 30.5 Å². The molecule has 1 aliphatic rings. The zero-order chi connectivity index (χ0) is 19.3. The van der Waals surface area contributed by atoms with Crippen molar-refractivity contribution in [1.29, 1.82) is 0 Å². The summed E-state index contributed by atoms with van der Waals surface area (Å²) in [7, 11) is 0. The minimum absolute atomic E-state index is 0.0915. The van der Waals surface area contributed by atoms with E-state index in [0.717, 1.165) is 17.0 Å². The van der Waals surface area contributed by atoms with Gasteiger partial charge in [-0.3, -0.25) is 4.79 Å². The molecule has 2 N–H and O–H groups in total.